The highest BCUT2D eigenvalue weighted by Crippen LogP contribution is 2.32. The second-order valence-corrected chi connectivity index (χ2v) is 4.92. The molecule has 19 heavy (non-hydrogen) atoms. The van der Waals surface area contributed by atoms with Crippen molar-refractivity contribution >= 4 is 40.0 Å². The van der Waals surface area contributed by atoms with E-state index in [0.717, 1.165) is 16.8 Å². The van der Waals surface area contributed by atoms with Gasteiger partial charge in [0, 0.05) is 23.8 Å². The molecule has 1 N–H and O–H groups in total. The van der Waals surface area contributed by atoms with Crippen LogP contribution in [0.15, 0.2) is 40.8 Å². The van der Waals surface area contributed by atoms with Crippen LogP contribution in [0.2, 0.25) is 10.0 Å². The zero-order chi connectivity index (χ0) is 13.4. The summed E-state index contributed by atoms with van der Waals surface area (Å²) in [6.45, 7) is 0. The Morgan fingerprint density at radius 2 is 1.95 bits per heavy atom. The molecule has 0 radical (unpaired) electrons. The Hall–Kier alpha value is -1.71. The van der Waals surface area contributed by atoms with Gasteiger partial charge in [-0.3, -0.25) is 0 Å². The summed E-state index contributed by atoms with van der Waals surface area (Å²) < 4.78 is 5.74. The fourth-order valence-corrected chi connectivity index (χ4v) is 2.35. The standard InChI is InChI=1S/C14H10Cl2N2O/c1-17-9-3-5-12-13(7-9)19-14(18-12)10-4-2-8(15)6-11(10)16/h2-7,17H,1H3. The number of nitrogens with one attached hydrogen (secondary N) is 1. The third-order valence-corrected chi connectivity index (χ3v) is 3.39. The summed E-state index contributed by atoms with van der Waals surface area (Å²) in [6, 6.07) is 11.0. The summed E-state index contributed by atoms with van der Waals surface area (Å²) in [5.74, 6) is 0.491. The first-order chi connectivity index (χ1) is 9.17. The van der Waals surface area contributed by atoms with E-state index >= 15 is 0 Å². The third kappa shape index (κ3) is 2.27. The predicted octanol–water partition coefficient (Wildman–Crippen LogP) is 4.84. The van der Waals surface area contributed by atoms with Gasteiger partial charge in [-0.1, -0.05) is 23.2 Å². The monoisotopic (exact) mass is 292 g/mol. The molecule has 0 unspecified atom stereocenters. The van der Waals surface area contributed by atoms with Gasteiger partial charge in [-0.2, -0.15) is 0 Å². The largest absolute Gasteiger partial charge is 0.436 e. The van der Waals surface area contributed by atoms with Crippen LogP contribution < -0.4 is 5.32 Å². The van der Waals surface area contributed by atoms with E-state index in [1.807, 2.05) is 25.2 Å². The van der Waals surface area contributed by atoms with Gasteiger partial charge in [-0.25, -0.2) is 4.98 Å². The second-order valence-electron chi connectivity index (χ2n) is 4.08. The maximum Gasteiger partial charge on any atom is 0.228 e. The van der Waals surface area contributed by atoms with Gasteiger partial charge in [0.15, 0.2) is 5.58 Å². The third-order valence-electron chi connectivity index (χ3n) is 2.84. The van der Waals surface area contributed by atoms with E-state index < -0.39 is 0 Å². The van der Waals surface area contributed by atoms with Crippen LogP contribution in [0.5, 0.6) is 0 Å². The lowest BCUT2D eigenvalue weighted by Crippen LogP contribution is -1.85. The van der Waals surface area contributed by atoms with Crippen molar-refractivity contribution < 1.29 is 4.42 Å². The average molecular weight is 293 g/mol. The van der Waals surface area contributed by atoms with Gasteiger partial charge in [0.25, 0.3) is 0 Å². The van der Waals surface area contributed by atoms with Crippen molar-refractivity contribution in [3.63, 3.8) is 0 Å². The van der Waals surface area contributed by atoms with Crippen LogP contribution in [0.25, 0.3) is 22.6 Å². The first-order valence-corrected chi connectivity index (χ1v) is 6.47. The zero-order valence-electron chi connectivity index (χ0n) is 10.1. The van der Waals surface area contributed by atoms with E-state index in [-0.39, 0.29) is 0 Å². The van der Waals surface area contributed by atoms with Crippen molar-refractivity contribution in [3.8, 4) is 11.5 Å². The lowest BCUT2D eigenvalue weighted by molar-refractivity contribution is 0.620. The summed E-state index contributed by atoms with van der Waals surface area (Å²) in [5.41, 5.74) is 3.21. The van der Waals surface area contributed by atoms with Gasteiger partial charge in [-0.15, -0.1) is 0 Å². The van der Waals surface area contributed by atoms with Crippen LogP contribution >= 0.6 is 23.2 Å². The molecule has 3 rings (SSSR count). The molecule has 0 atom stereocenters. The Morgan fingerprint density at radius 3 is 2.68 bits per heavy atom. The van der Waals surface area contributed by atoms with Crippen LogP contribution in [-0.4, -0.2) is 12.0 Å². The summed E-state index contributed by atoms with van der Waals surface area (Å²) in [6.07, 6.45) is 0. The molecule has 1 aromatic heterocycles. The first-order valence-electron chi connectivity index (χ1n) is 5.71. The maximum absolute atomic E-state index is 6.15. The van der Waals surface area contributed by atoms with Crippen molar-refractivity contribution in [2.75, 3.05) is 12.4 Å². The van der Waals surface area contributed by atoms with Gasteiger partial charge in [0.05, 0.1) is 10.6 Å². The minimum Gasteiger partial charge on any atom is -0.436 e. The van der Waals surface area contributed by atoms with Crippen LogP contribution in [0.3, 0.4) is 0 Å². The van der Waals surface area contributed by atoms with Crippen molar-refractivity contribution in [2.45, 2.75) is 0 Å². The Morgan fingerprint density at radius 1 is 1.11 bits per heavy atom. The van der Waals surface area contributed by atoms with Crippen LogP contribution in [0, 0.1) is 0 Å². The minimum atomic E-state index is 0.491. The van der Waals surface area contributed by atoms with Crippen molar-refractivity contribution in [1.29, 1.82) is 0 Å². The molecule has 0 fully saturated rings. The summed E-state index contributed by atoms with van der Waals surface area (Å²) in [4.78, 5) is 4.43. The Kier molecular flexibility index (Phi) is 3.09. The summed E-state index contributed by atoms with van der Waals surface area (Å²) in [7, 11) is 1.86. The molecule has 0 aliphatic heterocycles. The van der Waals surface area contributed by atoms with Crippen LogP contribution in [0.1, 0.15) is 0 Å². The van der Waals surface area contributed by atoms with E-state index in [0.29, 0.717) is 21.5 Å². The Bertz CT molecular complexity index is 752. The highest BCUT2D eigenvalue weighted by Gasteiger charge is 2.12. The highest BCUT2D eigenvalue weighted by molar-refractivity contribution is 6.36. The van der Waals surface area contributed by atoms with Gasteiger partial charge in [0.2, 0.25) is 5.89 Å². The molecule has 2 aromatic carbocycles. The number of nitrogens with zero attached hydrogens (tertiary/aromatic N) is 1. The molecule has 96 valence electrons. The lowest BCUT2D eigenvalue weighted by atomic mass is 10.2. The molecule has 3 aromatic rings. The molecule has 0 aliphatic rings. The van der Waals surface area contributed by atoms with Gasteiger partial charge < -0.3 is 9.73 Å². The molecular formula is C14H10Cl2N2O. The fraction of sp³-hybridized carbons (Fsp3) is 0.0714. The smallest absolute Gasteiger partial charge is 0.228 e. The molecule has 0 saturated carbocycles. The van der Waals surface area contributed by atoms with Crippen molar-refractivity contribution in [2.24, 2.45) is 0 Å². The molecule has 3 nitrogen and oxygen atoms in total. The lowest BCUT2D eigenvalue weighted by Gasteiger charge is -1.99. The summed E-state index contributed by atoms with van der Waals surface area (Å²) >= 11 is 12.0. The number of rotatable bonds is 2. The fourth-order valence-electron chi connectivity index (χ4n) is 1.86. The molecule has 0 saturated heterocycles. The summed E-state index contributed by atoms with van der Waals surface area (Å²) in [5, 5.41) is 4.16. The molecule has 0 bridgehead atoms. The van der Waals surface area contributed by atoms with Gasteiger partial charge >= 0.3 is 0 Å². The number of aromatic nitrogens is 1. The van der Waals surface area contributed by atoms with Crippen LogP contribution in [-0.2, 0) is 0 Å². The van der Waals surface area contributed by atoms with Gasteiger partial charge in [0.1, 0.15) is 5.52 Å². The predicted molar refractivity (Wildman–Crippen MR) is 79.0 cm³/mol. The maximum atomic E-state index is 6.15. The molecule has 1 heterocycles. The number of fused-ring (bicyclic) bond motifs is 1. The number of anilines is 1. The Labute approximate surface area is 120 Å². The van der Waals surface area contributed by atoms with Crippen LogP contribution in [0.4, 0.5) is 5.69 Å². The SMILES string of the molecule is CNc1ccc2nc(-c3ccc(Cl)cc3Cl)oc2c1. The number of hydrogen-bond acceptors (Lipinski definition) is 3. The minimum absolute atomic E-state index is 0.491. The molecular weight excluding hydrogens is 283 g/mol. The number of halogens is 2. The zero-order valence-corrected chi connectivity index (χ0v) is 11.6. The van der Waals surface area contributed by atoms with Crippen molar-refractivity contribution in [1.82, 2.24) is 4.98 Å². The number of hydrogen-bond donors (Lipinski definition) is 1. The van der Waals surface area contributed by atoms with E-state index in [4.69, 9.17) is 27.6 Å². The topological polar surface area (TPSA) is 38.1 Å². The van der Waals surface area contributed by atoms with Crippen molar-refractivity contribution in [3.05, 3.63) is 46.4 Å². The molecule has 0 amide bonds. The normalized spacial score (nSPS) is 10.9. The van der Waals surface area contributed by atoms with E-state index in [1.165, 1.54) is 0 Å². The first kappa shape index (κ1) is 12.3. The highest BCUT2D eigenvalue weighted by atomic mass is 35.5. The molecule has 5 heteroatoms. The second kappa shape index (κ2) is 4.76. The quantitative estimate of drug-likeness (QED) is 0.734. The number of benzene rings is 2. The average Bonchev–Trinajstić information content (AvgIpc) is 2.80. The van der Waals surface area contributed by atoms with Gasteiger partial charge in [-0.05, 0) is 30.3 Å². The molecule has 0 spiro atoms. The van der Waals surface area contributed by atoms with E-state index in [1.54, 1.807) is 18.2 Å². The number of oxazole rings is 1. The van der Waals surface area contributed by atoms with E-state index in [9.17, 15) is 0 Å². The van der Waals surface area contributed by atoms with E-state index in [2.05, 4.69) is 10.3 Å². The Balaban J connectivity index is 2.14. The molecule has 0 aliphatic carbocycles.